The molecule has 0 spiro atoms. The molecule has 3 amide bonds. The van der Waals surface area contributed by atoms with Crippen LogP contribution in [0.2, 0.25) is 0 Å². The maximum absolute atomic E-state index is 12.8. The Kier molecular flexibility index (Phi) is 5.74. The summed E-state index contributed by atoms with van der Waals surface area (Å²) in [5, 5.41) is 9.71. The van der Waals surface area contributed by atoms with E-state index in [1.807, 2.05) is 12.1 Å². The summed E-state index contributed by atoms with van der Waals surface area (Å²) in [6.07, 6.45) is 3.35. The van der Waals surface area contributed by atoms with Crippen LogP contribution in [-0.2, 0) is 4.79 Å². The number of nitrogens with one attached hydrogen (secondary N) is 2. The average molecular weight is 418 g/mol. The first kappa shape index (κ1) is 20.3. The van der Waals surface area contributed by atoms with E-state index in [0.717, 1.165) is 5.56 Å². The molecular weight excluding hydrogens is 396 g/mol. The van der Waals surface area contributed by atoms with Gasteiger partial charge in [-0.25, -0.2) is 0 Å². The van der Waals surface area contributed by atoms with Gasteiger partial charge in [0.15, 0.2) is 0 Å². The number of carbonyl (C=O) groups is 3. The minimum absolute atomic E-state index is 0.124. The quantitative estimate of drug-likeness (QED) is 0.673. The predicted octanol–water partition coefficient (Wildman–Crippen LogP) is 2.03. The topological polar surface area (TPSA) is 111 Å². The maximum atomic E-state index is 12.8. The molecule has 0 bridgehead atoms. The van der Waals surface area contributed by atoms with Crippen LogP contribution in [0.15, 0.2) is 54.9 Å². The lowest BCUT2D eigenvalue weighted by Gasteiger charge is -2.34. The van der Waals surface area contributed by atoms with Gasteiger partial charge in [0, 0.05) is 62.3 Å². The van der Waals surface area contributed by atoms with Gasteiger partial charge in [-0.15, -0.1) is 0 Å². The lowest BCUT2D eigenvalue weighted by Crippen LogP contribution is -2.50. The Bertz CT molecular complexity index is 1100. The molecule has 0 aliphatic carbocycles. The average Bonchev–Trinajstić information content (AvgIpc) is 3.29. The summed E-state index contributed by atoms with van der Waals surface area (Å²) in [4.78, 5) is 44.3. The third-order valence-electron chi connectivity index (χ3n) is 5.07. The Morgan fingerprint density at radius 3 is 2.29 bits per heavy atom. The smallest absolute Gasteiger partial charge is 0.272 e. The van der Waals surface area contributed by atoms with E-state index >= 15 is 0 Å². The highest BCUT2D eigenvalue weighted by molar-refractivity contribution is 5.97. The fraction of sp³-hybridized carbons (Fsp3) is 0.227. The molecule has 0 unspecified atom stereocenters. The number of benzene rings is 1. The van der Waals surface area contributed by atoms with Crippen molar-refractivity contribution in [3.8, 4) is 11.3 Å². The molecule has 3 heterocycles. The van der Waals surface area contributed by atoms with Gasteiger partial charge in [0.25, 0.3) is 11.8 Å². The molecule has 0 saturated carbocycles. The molecule has 1 aromatic carbocycles. The first-order chi connectivity index (χ1) is 15.0. The lowest BCUT2D eigenvalue weighted by molar-refractivity contribution is -0.114. The first-order valence-corrected chi connectivity index (χ1v) is 9.93. The molecule has 9 heteroatoms. The molecule has 2 aromatic heterocycles. The Morgan fingerprint density at radius 2 is 1.61 bits per heavy atom. The van der Waals surface area contributed by atoms with Crippen LogP contribution in [0.3, 0.4) is 0 Å². The second-order valence-electron chi connectivity index (χ2n) is 7.25. The van der Waals surface area contributed by atoms with E-state index in [4.69, 9.17) is 0 Å². The monoisotopic (exact) mass is 418 g/mol. The molecule has 1 fully saturated rings. The molecule has 158 valence electrons. The van der Waals surface area contributed by atoms with Crippen LogP contribution < -0.4 is 5.32 Å². The molecule has 9 nitrogen and oxygen atoms in total. The molecule has 4 rings (SSSR count). The summed E-state index contributed by atoms with van der Waals surface area (Å²) >= 11 is 0. The normalized spacial score (nSPS) is 13.7. The standard InChI is InChI=1S/C22H22N6O3/c1-15(29)24-18-4-2-3-17(13-18)21(30)27-9-11-28(12-10-27)22(31)20-14-19(25-26-20)16-5-7-23-8-6-16/h2-8,13-14H,9-12H2,1H3,(H,24,29)(H,25,26). The van der Waals surface area contributed by atoms with Crippen molar-refractivity contribution in [3.05, 3.63) is 66.1 Å². The molecule has 1 saturated heterocycles. The van der Waals surface area contributed by atoms with Crippen LogP contribution in [0.1, 0.15) is 27.8 Å². The molecule has 0 radical (unpaired) electrons. The highest BCUT2D eigenvalue weighted by Gasteiger charge is 2.26. The van der Waals surface area contributed by atoms with Gasteiger partial charge in [-0.05, 0) is 36.4 Å². The zero-order valence-corrected chi connectivity index (χ0v) is 17.0. The van der Waals surface area contributed by atoms with E-state index in [2.05, 4.69) is 20.5 Å². The van der Waals surface area contributed by atoms with E-state index in [-0.39, 0.29) is 17.7 Å². The highest BCUT2D eigenvalue weighted by atomic mass is 16.2. The van der Waals surface area contributed by atoms with Crippen LogP contribution in [0.4, 0.5) is 5.69 Å². The minimum atomic E-state index is -0.192. The number of pyridine rings is 1. The van der Waals surface area contributed by atoms with Crippen LogP contribution in [0.5, 0.6) is 0 Å². The van der Waals surface area contributed by atoms with Gasteiger partial charge < -0.3 is 15.1 Å². The number of H-pyrrole nitrogens is 1. The Morgan fingerprint density at radius 1 is 0.935 bits per heavy atom. The molecular formula is C22H22N6O3. The molecule has 0 atom stereocenters. The van der Waals surface area contributed by atoms with Crippen molar-refractivity contribution in [1.82, 2.24) is 25.0 Å². The van der Waals surface area contributed by atoms with Crippen molar-refractivity contribution < 1.29 is 14.4 Å². The number of aromatic amines is 1. The molecule has 2 N–H and O–H groups in total. The maximum Gasteiger partial charge on any atom is 0.272 e. The van der Waals surface area contributed by atoms with Crippen molar-refractivity contribution in [2.75, 3.05) is 31.5 Å². The van der Waals surface area contributed by atoms with Crippen LogP contribution >= 0.6 is 0 Å². The third kappa shape index (κ3) is 4.61. The fourth-order valence-electron chi connectivity index (χ4n) is 3.50. The third-order valence-corrected chi connectivity index (χ3v) is 5.07. The number of hydrogen-bond donors (Lipinski definition) is 2. The number of rotatable bonds is 4. The minimum Gasteiger partial charge on any atom is -0.335 e. The van der Waals surface area contributed by atoms with Gasteiger partial charge in [0.1, 0.15) is 5.69 Å². The van der Waals surface area contributed by atoms with Crippen molar-refractivity contribution in [2.24, 2.45) is 0 Å². The van der Waals surface area contributed by atoms with Crippen LogP contribution in [0.25, 0.3) is 11.3 Å². The Labute approximate surface area is 179 Å². The van der Waals surface area contributed by atoms with Gasteiger partial charge in [0.2, 0.25) is 5.91 Å². The van der Waals surface area contributed by atoms with E-state index in [1.54, 1.807) is 52.5 Å². The lowest BCUT2D eigenvalue weighted by atomic mass is 10.1. The second-order valence-corrected chi connectivity index (χ2v) is 7.25. The number of piperazine rings is 1. The summed E-state index contributed by atoms with van der Waals surface area (Å²) in [5.74, 6) is -0.462. The number of anilines is 1. The van der Waals surface area contributed by atoms with Gasteiger partial charge in [-0.2, -0.15) is 5.10 Å². The number of aromatic nitrogens is 3. The number of amides is 3. The molecule has 31 heavy (non-hydrogen) atoms. The van der Waals surface area contributed by atoms with Crippen molar-refractivity contribution in [3.63, 3.8) is 0 Å². The van der Waals surface area contributed by atoms with E-state index < -0.39 is 0 Å². The summed E-state index contributed by atoms with van der Waals surface area (Å²) in [7, 11) is 0. The van der Waals surface area contributed by atoms with Gasteiger partial charge >= 0.3 is 0 Å². The van der Waals surface area contributed by atoms with Gasteiger partial charge in [-0.3, -0.25) is 24.5 Å². The zero-order valence-electron chi connectivity index (χ0n) is 17.0. The number of hydrogen-bond acceptors (Lipinski definition) is 5. The fourth-order valence-corrected chi connectivity index (χ4v) is 3.50. The van der Waals surface area contributed by atoms with E-state index in [1.165, 1.54) is 6.92 Å². The van der Waals surface area contributed by atoms with Crippen molar-refractivity contribution in [1.29, 1.82) is 0 Å². The molecule has 3 aromatic rings. The highest BCUT2D eigenvalue weighted by Crippen LogP contribution is 2.18. The second kappa shape index (κ2) is 8.78. The van der Waals surface area contributed by atoms with Crippen LogP contribution in [0, 0.1) is 0 Å². The van der Waals surface area contributed by atoms with Crippen molar-refractivity contribution in [2.45, 2.75) is 6.92 Å². The van der Waals surface area contributed by atoms with Crippen LogP contribution in [-0.4, -0.2) is 68.9 Å². The van der Waals surface area contributed by atoms with E-state index in [9.17, 15) is 14.4 Å². The largest absolute Gasteiger partial charge is 0.335 e. The molecule has 1 aliphatic heterocycles. The number of nitrogens with zero attached hydrogens (tertiary/aromatic N) is 4. The Hall–Kier alpha value is -4.01. The Balaban J connectivity index is 1.37. The summed E-state index contributed by atoms with van der Waals surface area (Å²) < 4.78 is 0. The summed E-state index contributed by atoms with van der Waals surface area (Å²) in [6.45, 7) is 3.14. The zero-order chi connectivity index (χ0) is 21.8. The summed E-state index contributed by atoms with van der Waals surface area (Å²) in [5.41, 5.74) is 3.05. The van der Waals surface area contributed by atoms with Gasteiger partial charge in [0.05, 0.1) is 5.69 Å². The molecule has 1 aliphatic rings. The SMILES string of the molecule is CC(=O)Nc1cccc(C(=O)N2CCN(C(=O)c3cc(-c4ccncc4)n[nH]3)CC2)c1. The summed E-state index contributed by atoms with van der Waals surface area (Å²) in [6, 6.07) is 12.2. The predicted molar refractivity (Wildman–Crippen MR) is 114 cm³/mol. The van der Waals surface area contributed by atoms with E-state index in [0.29, 0.717) is 48.8 Å². The van der Waals surface area contributed by atoms with Crippen molar-refractivity contribution >= 4 is 23.4 Å². The number of carbonyl (C=O) groups excluding carboxylic acids is 3. The first-order valence-electron chi connectivity index (χ1n) is 9.93. The van der Waals surface area contributed by atoms with Gasteiger partial charge in [-0.1, -0.05) is 6.07 Å².